The van der Waals surface area contributed by atoms with Gasteiger partial charge in [0.2, 0.25) is 0 Å². The van der Waals surface area contributed by atoms with Gasteiger partial charge in [0, 0.05) is 12.1 Å². The molecule has 1 aliphatic heterocycles. The zero-order chi connectivity index (χ0) is 20.1. The number of nitrogens with zero attached hydrogens (tertiary/aromatic N) is 1. The third kappa shape index (κ3) is 3.60. The number of aliphatic hydroxyl groups excluding tert-OH is 1. The number of benzene rings is 2. The molecule has 28 heavy (non-hydrogen) atoms. The Labute approximate surface area is 163 Å². The normalized spacial score (nSPS) is 18.1. The Balaban J connectivity index is 2.07. The van der Waals surface area contributed by atoms with Gasteiger partial charge in [-0.25, -0.2) is 0 Å². The number of ether oxygens (including phenoxy) is 1. The molecular weight excluding hydrogens is 354 g/mol. The molecule has 0 saturated carbocycles. The van der Waals surface area contributed by atoms with E-state index in [-0.39, 0.29) is 17.9 Å². The van der Waals surface area contributed by atoms with E-state index in [1.54, 1.807) is 36.4 Å². The Morgan fingerprint density at radius 2 is 1.71 bits per heavy atom. The molecule has 0 spiro atoms. The lowest BCUT2D eigenvalue weighted by Crippen LogP contribution is -2.29. The van der Waals surface area contributed by atoms with Crippen molar-refractivity contribution in [1.82, 2.24) is 4.90 Å². The van der Waals surface area contributed by atoms with Crippen molar-refractivity contribution in [2.24, 2.45) is 0 Å². The molecule has 0 bridgehead atoms. The van der Waals surface area contributed by atoms with Crippen molar-refractivity contribution < 1.29 is 19.4 Å². The minimum atomic E-state index is -0.708. The molecule has 5 nitrogen and oxygen atoms in total. The summed E-state index contributed by atoms with van der Waals surface area (Å²) >= 11 is 0. The molecule has 0 aromatic heterocycles. The van der Waals surface area contributed by atoms with Gasteiger partial charge in [-0.1, -0.05) is 49.1 Å². The summed E-state index contributed by atoms with van der Waals surface area (Å²) in [5.74, 6) is -0.960. The van der Waals surface area contributed by atoms with Crippen molar-refractivity contribution in [3.05, 3.63) is 96.6 Å². The lowest BCUT2D eigenvalue weighted by atomic mass is 9.95. The summed E-state index contributed by atoms with van der Waals surface area (Å²) in [7, 11) is 0. The van der Waals surface area contributed by atoms with Gasteiger partial charge >= 0.3 is 0 Å². The van der Waals surface area contributed by atoms with Crippen molar-refractivity contribution in [3.8, 4) is 5.75 Å². The number of hydrogen-bond acceptors (Lipinski definition) is 4. The maximum Gasteiger partial charge on any atom is 0.295 e. The van der Waals surface area contributed by atoms with Crippen molar-refractivity contribution in [2.45, 2.75) is 6.04 Å². The maximum absolute atomic E-state index is 12.7. The van der Waals surface area contributed by atoms with Gasteiger partial charge in [0.15, 0.2) is 0 Å². The van der Waals surface area contributed by atoms with Crippen LogP contribution in [0.1, 0.15) is 17.2 Å². The highest BCUT2D eigenvalue weighted by Gasteiger charge is 2.45. The third-order valence-corrected chi connectivity index (χ3v) is 4.48. The number of rotatable bonds is 7. The standard InChI is InChI=1S/C23H21NO4/c1-3-14-24-20(16-8-6-5-7-9-16)19(22(26)23(24)27)21(25)17-10-12-18(13-11-17)28-15-4-2/h3-13,20,25H,1-2,14-15H2/t20-/m1/s1. The zero-order valence-electron chi connectivity index (χ0n) is 15.4. The Hall–Kier alpha value is -3.60. The van der Waals surface area contributed by atoms with Crippen LogP contribution in [0.4, 0.5) is 0 Å². The van der Waals surface area contributed by atoms with Gasteiger partial charge < -0.3 is 14.7 Å². The molecule has 1 aliphatic rings. The summed E-state index contributed by atoms with van der Waals surface area (Å²) in [6.07, 6.45) is 3.20. The fourth-order valence-corrected chi connectivity index (χ4v) is 3.21. The van der Waals surface area contributed by atoms with E-state index in [9.17, 15) is 14.7 Å². The summed E-state index contributed by atoms with van der Waals surface area (Å²) in [5.41, 5.74) is 1.25. The number of ketones is 1. The molecule has 5 heteroatoms. The van der Waals surface area contributed by atoms with Crippen LogP contribution in [-0.4, -0.2) is 34.8 Å². The van der Waals surface area contributed by atoms with Crippen LogP contribution in [0.5, 0.6) is 5.75 Å². The minimum absolute atomic E-state index is 0.0674. The fourth-order valence-electron chi connectivity index (χ4n) is 3.21. The van der Waals surface area contributed by atoms with Crippen molar-refractivity contribution in [1.29, 1.82) is 0 Å². The number of aliphatic hydroxyl groups is 1. The average Bonchev–Trinajstić information content (AvgIpc) is 2.98. The predicted molar refractivity (Wildman–Crippen MR) is 108 cm³/mol. The molecule has 0 aliphatic carbocycles. The lowest BCUT2D eigenvalue weighted by Gasteiger charge is -2.24. The molecule has 2 aromatic carbocycles. The van der Waals surface area contributed by atoms with E-state index in [1.165, 1.54) is 4.90 Å². The van der Waals surface area contributed by atoms with Crippen LogP contribution in [0.3, 0.4) is 0 Å². The van der Waals surface area contributed by atoms with Crippen LogP contribution in [0.25, 0.3) is 5.76 Å². The van der Waals surface area contributed by atoms with Crippen LogP contribution < -0.4 is 4.74 Å². The fraction of sp³-hybridized carbons (Fsp3) is 0.130. The second kappa shape index (κ2) is 8.39. The van der Waals surface area contributed by atoms with E-state index in [2.05, 4.69) is 13.2 Å². The number of Topliss-reactive ketones (excluding diaryl/α,β-unsaturated/α-hetero) is 1. The van der Waals surface area contributed by atoms with Crippen molar-refractivity contribution in [3.63, 3.8) is 0 Å². The van der Waals surface area contributed by atoms with E-state index < -0.39 is 17.7 Å². The second-order valence-electron chi connectivity index (χ2n) is 6.27. The topological polar surface area (TPSA) is 66.8 Å². The maximum atomic E-state index is 12.7. The van der Waals surface area contributed by atoms with Gasteiger partial charge in [-0.05, 0) is 29.8 Å². The summed E-state index contributed by atoms with van der Waals surface area (Å²) in [6.45, 7) is 7.84. The van der Waals surface area contributed by atoms with E-state index in [4.69, 9.17) is 4.74 Å². The number of hydrogen-bond donors (Lipinski definition) is 1. The largest absolute Gasteiger partial charge is 0.507 e. The SMILES string of the molecule is C=CCOc1ccc(C(O)=C2C(=O)C(=O)N(CC=C)[C@@H]2c2ccccc2)cc1. The lowest BCUT2D eigenvalue weighted by molar-refractivity contribution is -0.139. The second-order valence-corrected chi connectivity index (χ2v) is 6.27. The first-order chi connectivity index (χ1) is 13.6. The molecule has 1 fully saturated rings. The first-order valence-corrected chi connectivity index (χ1v) is 8.87. The van der Waals surface area contributed by atoms with Crippen LogP contribution in [-0.2, 0) is 9.59 Å². The summed E-state index contributed by atoms with van der Waals surface area (Å²) < 4.78 is 5.44. The van der Waals surface area contributed by atoms with E-state index in [0.29, 0.717) is 17.9 Å². The van der Waals surface area contributed by atoms with Gasteiger partial charge in [-0.2, -0.15) is 0 Å². The molecule has 142 valence electrons. The van der Waals surface area contributed by atoms with Crippen LogP contribution >= 0.6 is 0 Å². The van der Waals surface area contributed by atoms with E-state index in [0.717, 1.165) is 5.56 Å². The first-order valence-electron chi connectivity index (χ1n) is 8.87. The molecule has 1 heterocycles. The number of likely N-dealkylation sites (tertiary alicyclic amines) is 1. The Kier molecular flexibility index (Phi) is 5.75. The quantitative estimate of drug-likeness (QED) is 0.345. The predicted octanol–water partition coefficient (Wildman–Crippen LogP) is 3.86. The highest BCUT2D eigenvalue weighted by molar-refractivity contribution is 6.46. The van der Waals surface area contributed by atoms with Gasteiger partial charge in [0.05, 0.1) is 11.6 Å². The van der Waals surface area contributed by atoms with Gasteiger partial charge in [0.1, 0.15) is 18.1 Å². The third-order valence-electron chi connectivity index (χ3n) is 4.48. The zero-order valence-corrected chi connectivity index (χ0v) is 15.4. The monoisotopic (exact) mass is 375 g/mol. The summed E-state index contributed by atoms with van der Waals surface area (Å²) in [4.78, 5) is 26.7. The van der Waals surface area contributed by atoms with Crippen LogP contribution in [0, 0.1) is 0 Å². The molecule has 1 amide bonds. The van der Waals surface area contributed by atoms with E-state index >= 15 is 0 Å². The summed E-state index contributed by atoms with van der Waals surface area (Å²) in [6, 6.07) is 15.2. The molecule has 0 radical (unpaired) electrons. The van der Waals surface area contributed by atoms with Gasteiger partial charge in [0.25, 0.3) is 11.7 Å². The molecular formula is C23H21NO4. The van der Waals surface area contributed by atoms with Crippen LogP contribution in [0.2, 0.25) is 0 Å². The number of carbonyl (C=O) groups is 2. The minimum Gasteiger partial charge on any atom is -0.507 e. The smallest absolute Gasteiger partial charge is 0.295 e. The van der Waals surface area contributed by atoms with E-state index in [1.807, 2.05) is 30.3 Å². The highest BCUT2D eigenvalue weighted by atomic mass is 16.5. The summed E-state index contributed by atoms with van der Waals surface area (Å²) in [5, 5.41) is 10.9. The number of carbonyl (C=O) groups excluding carboxylic acids is 2. The number of amides is 1. The Bertz CT molecular complexity index is 929. The Morgan fingerprint density at radius 3 is 2.32 bits per heavy atom. The molecule has 0 unspecified atom stereocenters. The van der Waals surface area contributed by atoms with Gasteiger partial charge in [-0.15, -0.1) is 6.58 Å². The average molecular weight is 375 g/mol. The molecule has 1 saturated heterocycles. The Morgan fingerprint density at radius 1 is 1.04 bits per heavy atom. The first kappa shape index (κ1) is 19.2. The van der Waals surface area contributed by atoms with Crippen LogP contribution in [0.15, 0.2) is 85.5 Å². The molecule has 1 atom stereocenters. The molecule has 3 rings (SSSR count). The molecule has 1 N–H and O–H groups in total. The molecule has 2 aromatic rings. The van der Waals surface area contributed by atoms with Crippen molar-refractivity contribution >= 4 is 17.4 Å². The highest BCUT2D eigenvalue weighted by Crippen LogP contribution is 2.39. The van der Waals surface area contributed by atoms with Crippen molar-refractivity contribution in [2.75, 3.05) is 13.2 Å². The van der Waals surface area contributed by atoms with Gasteiger partial charge in [-0.3, -0.25) is 9.59 Å².